The molecule has 0 saturated heterocycles. The number of benzene rings is 2. The first-order valence-corrected chi connectivity index (χ1v) is 15.6. The lowest BCUT2D eigenvalue weighted by Crippen LogP contribution is -2.32. The van der Waals surface area contributed by atoms with Crippen LogP contribution in [-0.4, -0.2) is 43.5 Å². The predicted molar refractivity (Wildman–Crippen MR) is 170 cm³/mol. The maximum atomic E-state index is 12.5. The summed E-state index contributed by atoms with van der Waals surface area (Å²) in [6.45, 7) is 3.49. The van der Waals surface area contributed by atoms with Gasteiger partial charge in [-0.15, -0.1) is 0 Å². The van der Waals surface area contributed by atoms with E-state index in [2.05, 4.69) is 5.32 Å². The quantitative estimate of drug-likeness (QED) is 0.0930. The predicted octanol–water partition coefficient (Wildman–Crippen LogP) is 7.82. The first-order chi connectivity index (χ1) is 18.5. The molecule has 0 aliphatic rings. The van der Waals surface area contributed by atoms with Gasteiger partial charge < -0.3 is 5.32 Å². The third-order valence-electron chi connectivity index (χ3n) is 5.61. The second-order valence-electron chi connectivity index (χ2n) is 8.53. The molecule has 208 valence electrons. The van der Waals surface area contributed by atoms with E-state index in [1.807, 2.05) is 6.07 Å². The van der Waals surface area contributed by atoms with Gasteiger partial charge in [0.25, 0.3) is 0 Å². The van der Waals surface area contributed by atoms with Gasteiger partial charge in [0, 0.05) is 28.8 Å². The fourth-order valence-electron chi connectivity index (χ4n) is 3.37. The molecule has 0 aliphatic carbocycles. The van der Waals surface area contributed by atoms with Gasteiger partial charge in [0.05, 0.1) is 27.5 Å². The van der Waals surface area contributed by atoms with Crippen LogP contribution < -0.4 is 5.32 Å². The number of nitrogens with one attached hydrogen (secondary N) is 5. The Balaban J connectivity index is 1.61. The van der Waals surface area contributed by atoms with Gasteiger partial charge in [-0.2, -0.15) is 11.8 Å². The lowest BCUT2D eigenvalue weighted by Gasteiger charge is -2.14. The van der Waals surface area contributed by atoms with Crippen LogP contribution >= 0.6 is 58.5 Å². The van der Waals surface area contributed by atoms with E-state index in [9.17, 15) is 9.59 Å². The third kappa shape index (κ3) is 11.5. The third-order valence-corrected chi connectivity index (χ3v) is 8.88. The van der Waals surface area contributed by atoms with Crippen molar-refractivity contribution in [1.29, 1.82) is 21.6 Å². The Bertz CT molecular complexity index is 1150. The number of thioether (sulfide) groups is 3. The van der Waals surface area contributed by atoms with Crippen LogP contribution in [0, 0.1) is 21.6 Å². The van der Waals surface area contributed by atoms with Crippen LogP contribution in [0.25, 0.3) is 0 Å². The summed E-state index contributed by atoms with van der Waals surface area (Å²) >= 11 is 15.8. The summed E-state index contributed by atoms with van der Waals surface area (Å²) in [6, 6.07) is 14.2. The highest BCUT2D eigenvalue weighted by atomic mass is 35.5. The normalized spacial score (nSPS) is 12.3. The second-order valence-corrected chi connectivity index (χ2v) is 12.9. The number of hydrogen-bond acceptors (Lipinski definition) is 9. The number of amidine groups is 1. The standard InChI is InChI=1S/C27H31Cl2N5O2S3/c1-16(18-7-3-5-9-20(18)28)22(35)15-25(32)38-23(30)11-13-37-14-12-24(31)39-27(33)34-26(36)17(2)19-8-4-6-10-21(19)29/h3-10,16-17,30-32H,11-15H2,1-2H3,(H2,33,34,36). The Kier molecular flexibility index (Phi) is 14.3. The summed E-state index contributed by atoms with van der Waals surface area (Å²) in [6.07, 6.45) is 0.845. The van der Waals surface area contributed by atoms with Crippen molar-refractivity contribution >= 4 is 90.5 Å². The molecule has 39 heavy (non-hydrogen) atoms. The Morgan fingerprint density at radius 2 is 1.26 bits per heavy atom. The van der Waals surface area contributed by atoms with Crippen LogP contribution in [0.15, 0.2) is 48.5 Å². The zero-order valence-electron chi connectivity index (χ0n) is 21.6. The minimum absolute atomic E-state index is 0.0410. The molecular weight excluding hydrogens is 593 g/mol. The molecule has 1 amide bonds. The minimum Gasteiger partial charge on any atom is -0.305 e. The van der Waals surface area contributed by atoms with Crippen molar-refractivity contribution in [2.24, 2.45) is 0 Å². The van der Waals surface area contributed by atoms with Gasteiger partial charge in [-0.05, 0) is 53.5 Å². The van der Waals surface area contributed by atoms with Gasteiger partial charge in [-0.1, -0.05) is 78.3 Å². The molecule has 5 N–H and O–H groups in total. The molecule has 2 aromatic carbocycles. The number of ketones is 1. The topological polar surface area (TPSA) is 142 Å². The van der Waals surface area contributed by atoms with Crippen LogP contribution in [-0.2, 0) is 9.59 Å². The van der Waals surface area contributed by atoms with Gasteiger partial charge in [0.15, 0.2) is 5.17 Å². The minimum atomic E-state index is -0.525. The number of amides is 1. The molecule has 2 rings (SSSR count). The van der Waals surface area contributed by atoms with Crippen molar-refractivity contribution < 1.29 is 9.59 Å². The molecule has 2 aromatic rings. The van der Waals surface area contributed by atoms with E-state index < -0.39 is 11.8 Å². The average molecular weight is 625 g/mol. The van der Waals surface area contributed by atoms with E-state index in [4.69, 9.17) is 44.8 Å². The molecule has 0 saturated carbocycles. The van der Waals surface area contributed by atoms with Crippen LogP contribution in [0.5, 0.6) is 0 Å². The molecule has 2 unspecified atom stereocenters. The van der Waals surface area contributed by atoms with Gasteiger partial charge in [-0.25, -0.2) is 0 Å². The van der Waals surface area contributed by atoms with Gasteiger partial charge in [-0.3, -0.25) is 31.2 Å². The fourth-order valence-corrected chi connectivity index (χ4v) is 6.44. The van der Waals surface area contributed by atoms with Crippen molar-refractivity contribution in [3.8, 4) is 0 Å². The summed E-state index contributed by atoms with van der Waals surface area (Å²) in [7, 11) is 0. The average Bonchev–Trinajstić information content (AvgIpc) is 2.87. The van der Waals surface area contributed by atoms with E-state index >= 15 is 0 Å². The Hall–Kier alpha value is -2.11. The summed E-state index contributed by atoms with van der Waals surface area (Å²) in [4.78, 5) is 25.0. The van der Waals surface area contributed by atoms with Crippen LogP contribution in [0.1, 0.15) is 56.1 Å². The molecule has 0 bridgehead atoms. The molecule has 7 nitrogen and oxygen atoms in total. The van der Waals surface area contributed by atoms with Crippen LogP contribution in [0.4, 0.5) is 0 Å². The van der Waals surface area contributed by atoms with Crippen molar-refractivity contribution in [3.05, 3.63) is 69.7 Å². The molecule has 12 heteroatoms. The lowest BCUT2D eigenvalue weighted by atomic mass is 9.95. The fraction of sp³-hybridized carbons (Fsp3) is 0.333. The monoisotopic (exact) mass is 623 g/mol. The number of Topliss-reactive ketones (excluding diaryl/α,β-unsaturated/α-hetero) is 1. The zero-order chi connectivity index (χ0) is 28.9. The maximum Gasteiger partial charge on any atom is 0.233 e. The second kappa shape index (κ2) is 16.9. The number of carbonyl (C=O) groups is 2. The molecule has 2 atom stereocenters. The van der Waals surface area contributed by atoms with Gasteiger partial charge in [0.2, 0.25) is 5.91 Å². The van der Waals surface area contributed by atoms with E-state index in [1.165, 1.54) is 0 Å². The highest BCUT2D eigenvalue weighted by Gasteiger charge is 2.21. The SMILES string of the molecule is CC(C(=O)CC(=N)SC(=N)CCSCCC(=N)SC(=N)NC(=O)C(C)c1ccccc1Cl)c1ccccc1Cl. The lowest BCUT2D eigenvalue weighted by molar-refractivity contribution is -0.121. The van der Waals surface area contributed by atoms with E-state index in [1.54, 1.807) is 68.1 Å². The summed E-state index contributed by atoms with van der Waals surface area (Å²) in [5.41, 5.74) is 1.42. The zero-order valence-corrected chi connectivity index (χ0v) is 25.6. The molecule has 0 radical (unpaired) electrons. The van der Waals surface area contributed by atoms with Crippen molar-refractivity contribution in [1.82, 2.24) is 5.32 Å². The van der Waals surface area contributed by atoms with Gasteiger partial charge in [0.1, 0.15) is 5.78 Å². The maximum absolute atomic E-state index is 12.5. The number of hydrogen-bond donors (Lipinski definition) is 5. The number of carbonyl (C=O) groups excluding carboxylic acids is 2. The van der Waals surface area contributed by atoms with Gasteiger partial charge >= 0.3 is 0 Å². The van der Waals surface area contributed by atoms with E-state index in [-0.39, 0.29) is 33.4 Å². The Morgan fingerprint density at radius 3 is 1.79 bits per heavy atom. The highest BCUT2D eigenvalue weighted by molar-refractivity contribution is 8.26. The van der Waals surface area contributed by atoms with E-state index in [0.29, 0.717) is 45.0 Å². The first-order valence-electron chi connectivity index (χ1n) is 12.1. The molecule has 0 aliphatic heterocycles. The molecule has 0 aromatic heterocycles. The van der Waals surface area contributed by atoms with Crippen molar-refractivity contribution in [3.63, 3.8) is 0 Å². The highest BCUT2D eigenvalue weighted by Crippen LogP contribution is 2.27. The molecule has 0 fully saturated rings. The Morgan fingerprint density at radius 1 is 0.769 bits per heavy atom. The van der Waals surface area contributed by atoms with Crippen LogP contribution in [0.3, 0.4) is 0 Å². The summed E-state index contributed by atoms with van der Waals surface area (Å²) in [5.74, 6) is -0.138. The summed E-state index contributed by atoms with van der Waals surface area (Å²) < 4.78 is 0. The number of halogens is 2. The smallest absolute Gasteiger partial charge is 0.233 e. The van der Waals surface area contributed by atoms with Crippen LogP contribution in [0.2, 0.25) is 10.0 Å². The molecular formula is C27H31Cl2N5O2S3. The van der Waals surface area contributed by atoms with Crippen molar-refractivity contribution in [2.75, 3.05) is 11.5 Å². The Labute approximate surface area is 252 Å². The van der Waals surface area contributed by atoms with E-state index in [0.717, 1.165) is 29.1 Å². The molecule has 0 heterocycles. The summed E-state index contributed by atoms with van der Waals surface area (Å²) in [5, 5.41) is 36.4. The first kappa shape index (κ1) is 33.1. The van der Waals surface area contributed by atoms with Crippen molar-refractivity contribution in [2.45, 2.75) is 44.9 Å². The largest absolute Gasteiger partial charge is 0.305 e. The number of rotatable bonds is 12. The molecule has 0 spiro atoms.